The summed E-state index contributed by atoms with van der Waals surface area (Å²) in [6.45, 7) is 1.78. The van der Waals surface area contributed by atoms with E-state index >= 15 is 0 Å². The second-order valence-corrected chi connectivity index (χ2v) is 5.88. The quantitative estimate of drug-likeness (QED) is 0.588. The van der Waals surface area contributed by atoms with Crippen molar-refractivity contribution in [1.29, 1.82) is 0 Å². The third-order valence-electron chi connectivity index (χ3n) is 4.11. The Morgan fingerprint density at radius 2 is 2.04 bits per heavy atom. The van der Waals surface area contributed by atoms with Crippen LogP contribution in [0.4, 0.5) is 5.69 Å². The molecule has 4 aromatic rings. The largest absolute Gasteiger partial charge is 0.326 e. The van der Waals surface area contributed by atoms with Crippen molar-refractivity contribution in [3.63, 3.8) is 0 Å². The Balaban J connectivity index is 1.56. The Morgan fingerprint density at radius 3 is 2.85 bits per heavy atom. The van der Waals surface area contributed by atoms with Gasteiger partial charge >= 0.3 is 5.69 Å². The number of carbonyl (C=O) groups is 1. The maximum atomic E-state index is 12.4. The Bertz CT molecular complexity index is 1150. The summed E-state index contributed by atoms with van der Waals surface area (Å²) in [6, 6.07) is 14.6. The van der Waals surface area contributed by atoms with Gasteiger partial charge in [0, 0.05) is 5.69 Å². The van der Waals surface area contributed by atoms with Crippen molar-refractivity contribution in [2.75, 3.05) is 5.32 Å². The highest BCUT2D eigenvalue weighted by Crippen LogP contribution is 2.16. The number of aromatic nitrogens is 5. The van der Waals surface area contributed by atoms with Gasteiger partial charge in [0.15, 0.2) is 0 Å². The molecular weight excluding hydrogens is 332 g/mol. The van der Waals surface area contributed by atoms with E-state index in [9.17, 15) is 9.59 Å². The van der Waals surface area contributed by atoms with Crippen molar-refractivity contribution >= 4 is 22.6 Å². The molecule has 0 spiro atoms. The Kier molecular flexibility index (Phi) is 3.85. The van der Waals surface area contributed by atoms with E-state index in [1.54, 1.807) is 24.5 Å². The van der Waals surface area contributed by atoms with Gasteiger partial charge in [0.1, 0.15) is 18.7 Å². The average Bonchev–Trinajstić information content (AvgIpc) is 3.19. The first kappa shape index (κ1) is 15.8. The number of carbonyl (C=O) groups excluding carboxylic acids is 1. The molecule has 0 saturated heterocycles. The Morgan fingerprint density at radius 1 is 1.19 bits per heavy atom. The summed E-state index contributed by atoms with van der Waals surface area (Å²) in [5.41, 5.74) is 2.56. The number of amides is 1. The van der Waals surface area contributed by atoms with E-state index in [0.29, 0.717) is 16.7 Å². The summed E-state index contributed by atoms with van der Waals surface area (Å²) in [5.74, 6) is 0.466. The summed E-state index contributed by atoms with van der Waals surface area (Å²) in [5, 5.41) is 10.6. The van der Waals surface area contributed by atoms with Crippen LogP contribution in [0.3, 0.4) is 0 Å². The Labute approximate surface area is 148 Å². The minimum Gasteiger partial charge on any atom is -0.324 e. The highest BCUT2D eigenvalue weighted by atomic mass is 16.2. The summed E-state index contributed by atoms with van der Waals surface area (Å²) < 4.78 is 3.23. The van der Waals surface area contributed by atoms with Crippen LogP contribution < -0.4 is 11.0 Å². The normalized spacial score (nSPS) is 11.0. The summed E-state index contributed by atoms with van der Waals surface area (Å²) in [7, 11) is 0. The molecule has 2 aromatic carbocycles. The van der Waals surface area contributed by atoms with Crippen LogP contribution in [0.1, 0.15) is 5.82 Å². The van der Waals surface area contributed by atoms with Crippen LogP contribution in [0.2, 0.25) is 0 Å². The van der Waals surface area contributed by atoms with Gasteiger partial charge < -0.3 is 10.3 Å². The lowest BCUT2D eigenvalue weighted by atomic mass is 10.2. The van der Waals surface area contributed by atoms with Crippen LogP contribution in [0.15, 0.2) is 59.7 Å². The maximum absolute atomic E-state index is 12.4. The van der Waals surface area contributed by atoms with Gasteiger partial charge in [-0.2, -0.15) is 0 Å². The molecular formula is C18H16N6O2. The predicted molar refractivity (Wildman–Crippen MR) is 97.3 cm³/mol. The number of aromatic amines is 1. The number of nitrogens with zero attached hydrogens (tertiary/aromatic N) is 4. The van der Waals surface area contributed by atoms with E-state index in [1.807, 2.05) is 41.8 Å². The van der Waals surface area contributed by atoms with Crippen LogP contribution in [0, 0.1) is 6.92 Å². The third kappa shape index (κ3) is 2.88. The number of H-pyrrole nitrogens is 1. The van der Waals surface area contributed by atoms with Gasteiger partial charge in [-0.05, 0) is 37.3 Å². The summed E-state index contributed by atoms with van der Waals surface area (Å²) in [4.78, 5) is 27.2. The minimum atomic E-state index is -0.310. The van der Waals surface area contributed by atoms with Gasteiger partial charge in [-0.1, -0.05) is 18.2 Å². The van der Waals surface area contributed by atoms with Gasteiger partial charge in [-0.15, -0.1) is 10.2 Å². The van der Waals surface area contributed by atoms with Gasteiger partial charge in [0.25, 0.3) is 0 Å². The number of anilines is 1. The van der Waals surface area contributed by atoms with E-state index in [0.717, 1.165) is 11.5 Å². The SMILES string of the molecule is Cc1nncn1-c1cccc(NC(=O)Cn2c(=O)[nH]c3ccccc32)c1. The number of hydrogen-bond acceptors (Lipinski definition) is 4. The Hall–Kier alpha value is -3.68. The number of benzene rings is 2. The third-order valence-corrected chi connectivity index (χ3v) is 4.11. The molecule has 0 bridgehead atoms. The maximum Gasteiger partial charge on any atom is 0.326 e. The van der Waals surface area contributed by atoms with Crippen LogP contribution in [0.25, 0.3) is 16.7 Å². The predicted octanol–water partition coefficient (Wildman–Crippen LogP) is 1.86. The van der Waals surface area contributed by atoms with Gasteiger partial charge in [-0.3, -0.25) is 13.9 Å². The number of para-hydroxylation sites is 2. The molecule has 0 unspecified atom stereocenters. The fourth-order valence-corrected chi connectivity index (χ4v) is 2.89. The summed E-state index contributed by atoms with van der Waals surface area (Å²) >= 11 is 0. The number of imidazole rings is 1. The van der Waals surface area contributed by atoms with Crippen molar-refractivity contribution in [2.24, 2.45) is 0 Å². The number of aryl methyl sites for hydroxylation is 1. The van der Waals surface area contributed by atoms with E-state index < -0.39 is 0 Å². The molecule has 130 valence electrons. The molecule has 2 aromatic heterocycles. The number of rotatable bonds is 4. The van der Waals surface area contributed by atoms with E-state index in [2.05, 4.69) is 20.5 Å². The van der Waals surface area contributed by atoms with Gasteiger partial charge in [0.2, 0.25) is 5.91 Å². The smallest absolute Gasteiger partial charge is 0.324 e. The van der Waals surface area contributed by atoms with Crippen LogP contribution in [-0.2, 0) is 11.3 Å². The molecule has 8 nitrogen and oxygen atoms in total. The lowest BCUT2D eigenvalue weighted by molar-refractivity contribution is -0.116. The fraction of sp³-hybridized carbons (Fsp3) is 0.111. The fourth-order valence-electron chi connectivity index (χ4n) is 2.89. The number of hydrogen-bond donors (Lipinski definition) is 2. The molecule has 8 heteroatoms. The zero-order chi connectivity index (χ0) is 18.1. The standard InChI is InChI=1S/C18H16N6O2/c1-12-22-19-11-24(12)14-6-4-5-13(9-14)20-17(25)10-23-16-8-3-2-7-15(16)21-18(23)26/h2-9,11H,10H2,1H3,(H,20,25)(H,21,26). The first-order valence-corrected chi connectivity index (χ1v) is 8.06. The molecule has 2 N–H and O–H groups in total. The van der Waals surface area contributed by atoms with Crippen molar-refractivity contribution in [2.45, 2.75) is 13.5 Å². The number of nitrogens with one attached hydrogen (secondary N) is 2. The van der Waals surface area contributed by atoms with E-state index in [-0.39, 0.29) is 18.1 Å². The van der Waals surface area contributed by atoms with Crippen LogP contribution in [0.5, 0.6) is 0 Å². The van der Waals surface area contributed by atoms with Gasteiger partial charge in [-0.25, -0.2) is 4.79 Å². The lowest BCUT2D eigenvalue weighted by Gasteiger charge is -2.09. The molecule has 0 fully saturated rings. The molecule has 4 rings (SSSR count). The van der Waals surface area contributed by atoms with Crippen molar-refractivity contribution in [3.8, 4) is 5.69 Å². The molecule has 2 heterocycles. The molecule has 0 aliphatic heterocycles. The van der Waals surface area contributed by atoms with E-state index in [1.165, 1.54) is 4.57 Å². The number of fused-ring (bicyclic) bond motifs is 1. The van der Waals surface area contributed by atoms with Crippen LogP contribution in [-0.4, -0.2) is 30.2 Å². The average molecular weight is 348 g/mol. The second-order valence-electron chi connectivity index (χ2n) is 5.88. The molecule has 0 atom stereocenters. The second kappa shape index (κ2) is 6.32. The molecule has 0 aliphatic carbocycles. The topological polar surface area (TPSA) is 97.6 Å². The zero-order valence-corrected chi connectivity index (χ0v) is 14.0. The van der Waals surface area contributed by atoms with Gasteiger partial charge in [0.05, 0.1) is 16.7 Å². The van der Waals surface area contributed by atoms with Crippen LogP contribution >= 0.6 is 0 Å². The van der Waals surface area contributed by atoms with Crippen molar-refractivity contribution < 1.29 is 4.79 Å². The molecule has 1 amide bonds. The molecule has 26 heavy (non-hydrogen) atoms. The first-order valence-electron chi connectivity index (χ1n) is 8.06. The lowest BCUT2D eigenvalue weighted by Crippen LogP contribution is -2.25. The molecule has 0 radical (unpaired) electrons. The zero-order valence-electron chi connectivity index (χ0n) is 14.0. The molecule has 0 aliphatic rings. The highest BCUT2D eigenvalue weighted by molar-refractivity contribution is 5.91. The minimum absolute atomic E-state index is 0.0707. The van der Waals surface area contributed by atoms with E-state index in [4.69, 9.17) is 0 Å². The highest BCUT2D eigenvalue weighted by Gasteiger charge is 2.11. The molecule has 0 saturated carbocycles. The summed E-state index contributed by atoms with van der Waals surface area (Å²) in [6.07, 6.45) is 1.61. The van der Waals surface area contributed by atoms with Crippen molar-refractivity contribution in [3.05, 3.63) is 71.2 Å². The first-order chi connectivity index (χ1) is 12.6. The van der Waals surface area contributed by atoms with Crippen molar-refractivity contribution in [1.82, 2.24) is 24.3 Å². The monoisotopic (exact) mass is 348 g/mol.